The molecule has 1 atom stereocenters. The van der Waals surface area contributed by atoms with Crippen LogP contribution >= 0.6 is 11.8 Å². The van der Waals surface area contributed by atoms with E-state index in [-0.39, 0.29) is 23.3 Å². The SMILES string of the molecule is COc1cccc(-n2c(SCC(=O)NC[C@@H]3CCCO3)nc3c([nH]c4ccccc43)c2=O)c1. The lowest BCUT2D eigenvalue weighted by molar-refractivity contribution is -0.119. The lowest BCUT2D eigenvalue weighted by Gasteiger charge is -2.14. The number of para-hydroxylation sites is 1. The van der Waals surface area contributed by atoms with Crippen molar-refractivity contribution in [1.82, 2.24) is 19.9 Å². The Hall–Kier alpha value is -3.30. The van der Waals surface area contributed by atoms with Crippen molar-refractivity contribution in [2.45, 2.75) is 24.1 Å². The number of aromatic nitrogens is 3. The molecule has 4 aromatic rings. The summed E-state index contributed by atoms with van der Waals surface area (Å²) in [5, 5.41) is 4.23. The van der Waals surface area contributed by atoms with E-state index in [0.717, 1.165) is 30.4 Å². The number of nitrogens with one attached hydrogen (secondary N) is 2. The first-order chi connectivity index (χ1) is 16.1. The molecule has 1 amide bonds. The van der Waals surface area contributed by atoms with Crippen molar-refractivity contribution in [3.63, 3.8) is 0 Å². The van der Waals surface area contributed by atoms with Gasteiger partial charge in [-0.15, -0.1) is 0 Å². The Morgan fingerprint density at radius 3 is 3.00 bits per heavy atom. The van der Waals surface area contributed by atoms with E-state index in [0.29, 0.717) is 34.2 Å². The molecule has 1 saturated heterocycles. The number of methoxy groups -OCH3 is 1. The quantitative estimate of drug-likeness (QED) is 0.322. The van der Waals surface area contributed by atoms with Gasteiger partial charge >= 0.3 is 0 Å². The molecule has 8 nitrogen and oxygen atoms in total. The molecule has 9 heteroatoms. The van der Waals surface area contributed by atoms with Crippen molar-refractivity contribution in [2.75, 3.05) is 26.0 Å². The van der Waals surface area contributed by atoms with Crippen LogP contribution in [0.1, 0.15) is 12.8 Å². The van der Waals surface area contributed by atoms with Crippen LogP contribution in [0.5, 0.6) is 5.75 Å². The van der Waals surface area contributed by atoms with Crippen LogP contribution in [0.25, 0.3) is 27.6 Å². The predicted octanol–water partition coefficient (Wildman–Crippen LogP) is 3.26. The third-order valence-corrected chi connectivity index (χ3v) is 6.63. The number of ether oxygens (including phenoxy) is 2. The van der Waals surface area contributed by atoms with Gasteiger partial charge in [0.15, 0.2) is 5.16 Å². The second kappa shape index (κ2) is 9.29. The normalized spacial score (nSPS) is 15.8. The van der Waals surface area contributed by atoms with Crippen LogP contribution in [-0.2, 0) is 9.53 Å². The molecule has 170 valence electrons. The van der Waals surface area contributed by atoms with Crippen LogP contribution in [0.2, 0.25) is 0 Å². The lowest BCUT2D eigenvalue weighted by atomic mass is 10.2. The fraction of sp³-hybridized carbons (Fsp3) is 0.292. The largest absolute Gasteiger partial charge is 0.497 e. The Labute approximate surface area is 194 Å². The van der Waals surface area contributed by atoms with Crippen molar-refractivity contribution in [3.8, 4) is 11.4 Å². The number of H-pyrrole nitrogens is 1. The van der Waals surface area contributed by atoms with Gasteiger partial charge in [-0.25, -0.2) is 4.98 Å². The van der Waals surface area contributed by atoms with Gasteiger partial charge in [0.2, 0.25) is 5.91 Å². The van der Waals surface area contributed by atoms with Crippen molar-refractivity contribution in [2.24, 2.45) is 0 Å². The van der Waals surface area contributed by atoms with E-state index in [1.54, 1.807) is 13.2 Å². The Kier molecular flexibility index (Phi) is 6.06. The van der Waals surface area contributed by atoms with Crippen molar-refractivity contribution >= 4 is 39.6 Å². The van der Waals surface area contributed by atoms with Gasteiger partial charge in [0.1, 0.15) is 16.8 Å². The number of rotatable bonds is 7. The molecule has 0 aliphatic carbocycles. The van der Waals surface area contributed by atoms with E-state index in [9.17, 15) is 9.59 Å². The maximum atomic E-state index is 13.6. The number of fused-ring (bicyclic) bond motifs is 3. The standard InChI is InChI=1S/C24H24N4O4S/c1-31-16-7-4-6-15(12-16)28-23(30)22-21(18-9-2-3-10-19(18)26-22)27-24(28)33-14-20(29)25-13-17-8-5-11-32-17/h2-4,6-7,9-10,12,17,26H,5,8,11,13-14H2,1H3,(H,25,29)/t17-/m0/s1. The number of carbonyl (C=O) groups is 1. The van der Waals surface area contributed by atoms with Gasteiger partial charge in [0, 0.05) is 30.1 Å². The smallest absolute Gasteiger partial charge is 0.283 e. The monoisotopic (exact) mass is 464 g/mol. The number of nitrogens with zero attached hydrogens (tertiary/aromatic N) is 2. The zero-order valence-corrected chi connectivity index (χ0v) is 19.0. The minimum absolute atomic E-state index is 0.0783. The molecule has 0 unspecified atom stereocenters. The van der Waals surface area contributed by atoms with Gasteiger partial charge in [0.25, 0.3) is 5.56 Å². The molecule has 3 heterocycles. The summed E-state index contributed by atoms with van der Waals surface area (Å²) in [7, 11) is 1.58. The highest BCUT2D eigenvalue weighted by atomic mass is 32.2. The van der Waals surface area contributed by atoms with E-state index in [1.807, 2.05) is 42.5 Å². The van der Waals surface area contributed by atoms with Crippen molar-refractivity contribution in [3.05, 3.63) is 58.9 Å². The summed E-state index contributed by atoms with van der Waals surface area (Å²) in [6.45, 7) is 1.24. The van der Waals surface area contributed by atoms with E-state index in [2.05, 4.69) is 10.3 Å². The van der Waals surface area contributed by atoms with Gasteiger partial charge in [-0.2, -0.15) is 0 Å². The van der Waals surface area contributed by atoms with Gasteiger partial charge in [-0.05, 0) is 31.0 Å². The highest BCUT2D eigenvalue weighted by Crippen LogP contribution is 2.27. The summed E-state index contributed by atoms with van der Waals surface area (Å²) in [5.41, 5.74) is 2.25. The van der Waals surface area contributed by atoms with Crippen LogP contribution in [0.4, 0.5) is 0 Å². The van der Waals surface area contributed by atoms with Crippen molar-refractivity contribution in [1.29, 1.82) is 0 Å². The average Bonchev–Trinajstić information content (AvgIpc) is 3.50. The number of hydrogen-bond acceptors (Lipinski definition) is 6. The number of benzene rings is 2. The number of hydrogen-bond donors (Lipinski definition) is 2. The van der Waals surface area contributed by atoms with Crippen molar-refractivity contribution < 1.29 is 14.3 Å². The lowest BCUT2D eigenvalue weighted by Crippen LogP contribution is -2.33. The Bertz CT molecular complexity index is 1370. The summed E-state index contributed by atoms with van der Waals surface area (Å²) < 4.78 is 12.4. The van der Waals surface area contributed by atoms with E-state index in [4.69, 9.17) is 14.5 Å². The fourth-order valence-corrected chi connectivity index (χ4v) is 4.87. The second-order valence-electron chi connectivity index (χ2n) is 7.86. The number of thioether (sulfide) groups is 1. The third-order valence-electron chi connectivity index (χ3n) is 5.69. The first kappa shape index (κ1) is 21.5. The zero-order valence-electron chi connectivity index (χ0n) is 18.2. The van der Waals surface area contributed by atoms with Gasteiger partial charge in [-0.1, -0.05) is 36.0 Å². The van der Waals surface area contributed by atoms with Crippen LogP contribution in [0, 0.1) is 0 Å². The molecule has 1 aliphatic heterocycles. The molecule has 1 fully saturated rings. The van der Waals surface area contributed by atoms with Crippen LogP contribution in [-0.4, -0.2) is 52.6 Å². The van der Waals surface area contributed by atoms with Crippen LogP contribution in [0.15, 0.2) is 58.5 Å². The molecule has 33 heavy (non-hydrogen) atoms. The Morgan fingerprint density at radius 2 is 2.18 bits per heavy atom. The zero-order chi connectivity index (χ0) is 22.8. The molecule has 2 aromatic heterocycles. The van der Waals surface area contributed by atoms with E-state index >= 15 is 0 Å². The molecule has 1 aliphatic rings. The summed E-state index contributed by atoms with van der Waals surface area (Å²) in [4.78, 5) is 34.1. The molecule has 5 rings (SSSR count). The first-order valence-electron chi connectivity index (χ1n) is 10.8. The Morgan fingerprint density at radius 1 is 1.30 bits per heavy atom. The highest BCUT2D eigenvalue weighted by molar-refractivity contribution is 7.99. The molecule has 0 saturated carbocycles. The second-order valence-corrected chi connectivity index (χ2v) is 8.80. The summed E-state index contributed by atoms with van der Waals surface area (Å²) in [5.74, 6) is 0.638. The molecular weight excluding hydrogens is 440 g/mol. The highest BCUT2D eigenvalue weighted by Gasteiger charge is 2.20. The molecule has 0 radical (unpaired) electrons. The summed E-state index contributed by atoms with van der Waals surface area (Å²) in [6.07, 6.45) is 2.06. The molecule has 2 N–H and O–H groups in total. The fourth-order valence-electron chi connectivity index (χ4n) is 4.03. The van der Waals surface area contributed by atoms with Gasteiger partial charge in [0.05, 0.1) is 24.7 Å². The van der Waals surface area contributed by atoms with Crippen LogP contribution < -0.4 is 15.6 Å². The molecule has 2 aromatic carbocycles. The number of amides is 1. The maximum absolute atomic E-state index is 13.6. The Balaban J connectivity index is 1.52. The third kappa shape index (κ3) is 4.34. The first-order valence-corrected chi connectivity index (χ1v) is 11.8. The van der Waals surface area contributed by atoms with Crippen LogP contribution in [0.3, 0.4) is 0 Å². The summed E-state index contributed by atoms with van der Waals surface area (Å²) in [6, 6.07) is 14.9. The van der Waals surface area contributed by atoms with Gasteiger partial charge < -0.3 is 19.8 Å². The maximum Gasteiger partial charge on any atom is 0.283 e. The minimum atomic E-state index is -0.230. The molecule has 0 spiro atoms. The summed E-state index contributed by atoms with van der Waals surface area (Å²) >= 11 is 1.23. The minimum Gasteiger partial charge on any atom is -0.497 e. The topological polar surface area (TPSA) is 98.2 Å². The number of aromatic amines is 1. The van der Waals surface area contributed by atoms with Gasteiger partial charge in [-0.3, -0.25) is 14.2 Å². The molecular formula is C24H24N4O4S. The van der Waals surface area contributed by atoms with E-state index < -0.39 is 0 Å². The number of carbonyl (C=O) groups excluding carboxylic acids is 1. The average molecular weight is 465 g/mol. The predicted molar refractivity (Wildman–Crippen MR) is 128 cm³/mol. The molecule has 0 bridgehead atoms. The van der Waals surface area contributed by atoms with E-state index in [1.165, 1.54) is 16.3 Å².